The third-order valence-corrected chi connectivity index (χ3v) is 6.26. The zero-order chi connectivity index (χ0) is 18.6. The molecule has 0 saturated heterocycles. The van der Waals surface area contributed by atoms with Crippen LogP contribution in [-0.2, 0) is 5.60 Å². The van der Waals surface area contributed by atoms with Gasteiger partial charge in [0.25, 0.3) is 0 Å². The number of nitrogens with zero attached hydrogens (tertiary/aromatic N) is 1. The second-order valence-electron chi connectivity index (χ2n) is 7.39. The number of methoxy groups -OCH3 is 1. The van der Waals surface area contributed by atoms with Gasteiger partial charge in [-0.15, -0.1) is 11.3 Å². The first kappa shape index (κ1) is 19.2. The molecule has 26 heavy (non-hydrogen) atoms. The minimum atomic E-state index is -0.894. The number of hydrogen-bond donors (Lipinski definition) is 1. The van der Waals surface area contributed by atoms with Crippen LogP contribution >= 0.6 is 11.3 Å². The van der Waals surface area contributed by atoms with Crippen molar-refractivity contribution in [3.05, 3.63) is 57.8 Å². The molecule has 4 heteroatoms. The summed E-state index contributed by atoms with van der Waals surface area (Å²) in [6.45, 7) is 0.883. The fourth-order valence-corrected chi connectivity index (χ4v) is 4.91. The number of thiophene rings is 1. The van der Waals surface area contributed by atoms with Crippen molar-refractivity contribution in [2.45, 2.75) is 31.3 Å². The Morgan fingerprint density at radius 1 is 1.23 bits per heavy atom. The molecule has 0 aliphatic heterocycles. The molecule has 0 spiro atoms. The molecule has 2 atom stereocenters. The second-order valence-corrected chi connectivity index (χ2v) is 8.34. The van der Waals surface area contributed by atoms with Gasteiger partial charge in [-0.25, -0.2) is 0 Å². The molecule has 2 aromatic rings. The maximum atomic E-state index is 12.0. The standard InChI is InChI=1S/C22H29NO2S/c1-23(2)16-19-8-5-4-7-18(22(19,24)21-9-6-14-26-21)15-17-10-12-20(25-3)13-11-17/h6,9-15,19,24H,4-5,7-8,16H2,1-3H3/b18-15+. The zero-order valence-corrected chi connectivity index (χ0v) is 16.8. The molecule has 3 nitrogen and oxygen atoms in total. The first-order valence-corrected chi connectivity index (χ1v) is 10.2. The van der Waals surface area contributed by atoms with Crippen LogP contribution in [0.1, 0.15) is 36.1 Å². The highest BCUT2D eigenvalue weighted by Gasteiger charge is 2.43. The largest absolute Gasteiger partial charge is 0.497 e. The van der Waals surface area contributed by atoms with E-state index in [0.717, 1.165) is 54.0 Å². The van der Waals surface area contributed by atoms with Crippen LogP contribution in [0.2, 0.25) is 0 Å². The van der Waals surface area contributed by atoms with Crippen molar-refractivity contribution in [3.63, 3.8) is 0 Å². The fourth-order valence-electron chi connectivity index (χ4n) is 3.97. The molecule has 1 N–H and O–H groups in total. The molecule has 0 amide bonds. The Labute approximate surface area is 160 Å². The summed E-state index contributed by atoms with van der Waals surface area (Å²) in [4.78, 5) is 3.26. The zero-order valence-electron chi connectivity index (χ0n) is 15.9. The van der Waals surface area contributed by atoms with E-state index in [9.17, 15) is 5.11 Å². The summed E-state index contributed by atoms with van der Waals surface area (Å²) in [6.07, 6.45) is 6.45. The molecule has 3 rings (SSSR count). The van der Waals surface area contributed by atoms with Gasteiger partial charge < -0.3 is 14.7 Å². The Kier molecular flexibility index (Phi) is 6.17. The first-order valence-electron chi connectivity index (χ1n) is 9.30. The normalized spacial score (nSPS) is 25.4. The van der Waals surface area contributed by atoms with E-state index < -0.39 is 5.60 Å². The van der Waals surface area contributed by atoms with Gasteiger partial charge in [-0.05, 0) is 68.1 Å². The number of ether oxygens (including phenoxy) is 1. The van der Waals surface area contributed by atoms with Crippen molar-refractivity contribution in [3.8, 4) is 5.75 Å². The van der Waals surface area contributed by atoms with Gasteiger partial charge in [-0.1, -0.05) is 30.7 Å². The van der Waals surface area contributed by atoms with E-state index in [2.05, 4.69) is 48.7 Å². The predicted octanol–water partition coefficient (Wildman–Crippen LogP) is 4.78. The lowest BCUT2D eigenvalue weighted by Gasteiger charge is -2.38. The molecular formula is C22H29NO2S. The number of rotatable bonds is 5. The lowest BCUT2D eigenvalue weighted by Crippen LogP contribution is -2.41. The Balaban J connectivity index is 2.05. The quantitative estimate of drug-likeness (QED) is 0.768. The van der Waals surface area contributed by atoms with Gasteiger partial charge in [-0.3, -0.25) is 0 Å². The van der Waals surface area contributed by atoms with Crippen LogP contribution in [0.25, 0.3) is 6.08 Å². The topological polar surface area (TPSA) is 32.7 Å². The van der Waals surface area contributed by atoms with Gasteiger partial charge in [0.2, 0.25) is 0 Å². The summed E-state index contributed by atoms with van der Waals surface area (Å²) in [7, 11) is 5.86. The van der Waals surface area contributed by atoms with Crippen LogP contribution in [0.5, 0.6) is 5.75 Å². The van der Waals surface area contributed by atoms with E-state index in [1.54, 1.807) is 18.4 Å². The highest BCUT2D eigenvalue weighted by molar-refractivity contribution is 7.10. The monoisotopic (exact) mass is 371 g/mol. The first-order chi connectivity index (χ1) is 12.5. The second kappa shape index (κ2) is 8.38. The van der Waals surface area contributed by atoms with Crippen LogP contribution < -0.4 is 4.74 Å². The minimum Gasteiger partial charge on any atom is -0.497 e. The van der Waals surface area contributed by atoms with Gasteiger partial charge in [0.05, 0.1) is 7.11 Å². The molecule has 0 radical (unpaired) electrons. The van der Waals surface area contributed by atoms with E-state index in [-0.39, 0.29) is 5.92 Å². The average molecular weight is 372 g/mol. The van der Waals surface area contributed by atoms with Gasteiger partial charge in [0, 0.05) is 17.3 Å². The van der Waals surface area contributed by atoms with E-state index in [1.807, 2.05) is 18.2 Å². The predicted molar refractivity (Wildman–Crippen MR) is 110 cm³/mol. The highest BCUT2D eigenvalue weighted by Crippen LogP contribution is 2.46. The van der Waals surface area contributed by atoms with Crippen LogP contribution in [0.15, 0.2) is 47.4 Å². The van der Waals surface area contributed by atoms with Gasteiger partial charge in [-0.2, -0.15) is 0 Å². The van der Waals surface area contributed by atoms with Gasteiger partial charge in [0.15, 0.2) is 0 Å². The molecule has 140 valence electrons. The van der Waals surface area contributed by atoms with Crippen molar-refractivity contribution in [2.24, 2.45) is 5.92 Å². The molecule has 1 aromatic carbocycles. The Hall–Kier alpha value is -1.62. The van der Waals surface area contributed by atoms with E-state index >= 15 is 0 Å². The lowest BCUT2D eigenvalue weighted by molar-refractivity contribution is 0.00369. The number of benzene rings is 1. The molecule has 1 heterocycles. The van der Waals surface area contributed by atoms with Crippen LogP contribution in [-0.4, -0.2) is 37.8 Å². The summed E-state index contributed by atoms with van der Waals surface area (Å²) in [5.74, 6) is 1.05. The maximum Gasteiger partial charge on any atom is 0.124 e. The van der Waals surface area contributed by atoms with Crippen LogP contribution in [0.3, 0.4) is 0 Å². The van der Waals surface area contributed by atoms with Crippen molar-refractivity contribution in [1.29, 1.82) is 0 Å². The van der Waals surface area contributed by atoms with E-state index in [0.29, 0.717) is 0 Å². The summed E-state index contributed by atoms with van der Waals surface area (Å²) < 4.78 is 5.27. The van der Waals surface area contributed by atoms with Gasteiger partial charge in [0.1, 0.15) is 11.4 Å². The Morgan fingerprint density at radius 2 is 2.00 bits per heavy atom. The Morgan fingerprint density at radius 3 is 2.62 bits per heavy atom. The molecule has 2 unspecified atom stereocenters. The van der Waals surface area contributed by atoms with E-state index in [1.165, 1.54) is 0 Å². The summed E-state index contributed by atoms with van der Waals surface area (Å²) in [5, 5.41) is 14.1. The molecule has 1 aliphatic rings. The molecule has 1 aliphatic carbocycles. The van der Waals surface area contributed by atoms with E-state index in [4.69, 9.17) is 4.74 Å². The molecule has 1 aromatic heterocycles. The third kappa shape index (κ3) is 4.03. The summed E-state index contributed by atoms with van der Waals surface area (Å²) >= 11 is 1.66. The van der Waals surface area contributed by atoms with Crippen molar-refractivity contribution >= 4 is 17.4 Å². The smallest absolute Gasteiger partial charge is 0.124 e. The maximum absolute atomic E-state index is 12.0. The summed E-state index contributed by atoms with van der Waals surface area (Å²) in [6, 6.07) is 12.2. The molecule has 0 bridgehead atoms. The highest BCUT2D eigenvalue weighted by atomic mass is 32.1. The number of aliphatic hydroxyl groups is 1. The van der Waals surface area contributed by atoms with Crippen molar-refractivity contribution in [2.75, 3.05) is 27.7 Å². The minimum absolute atomic E-state index is 0.197. The number of hydrogen-bond acceptors (Lipinski definition) is 4. The van der Waals surface area contributed by atoms with Crippen molar-refractivity contribution in [1.82, 2.24) is 4.90 Å². The fraction of sp³-hybridized carbons (Fsp3) is 0.455. The van der Waals surface area contributed by atoms with Gasteiger partial charge >= 0.3 is 0 Å². The molecular weight excluding hydrogens is 342 g/mol. The summed E-state index contributed by atoms with van der Waals surface area (Å²) in [5.41, 5.74) is 1.35. The van der Waals surface area contributed by atoms with Crippen LogP contribution in [0, 0.1) is 5.92 Å². The molecule has 1 saturated carbocycles. The lowest BCUT2D eigenvalue weighted by atomic mass is 9.77. The third-order valence-electron chi connectivity index (χ3n) is 5.27. The SMILES string of the molecule is COc1ccc(/C=C2\CCCCC(CN(C)C)C2(O)c2cccs2)cc1. The average Bonchev–Trinajstić information content (AvgIpc) is 3.13. The molecule has 1 fully saturated rings. The Bertz CT molecular complexity index is 721. The van der Waals surface area contributed by atoms with Crippen molar-refractivity contribution < 1.29 is 9.84 Å². The van der Waals surface area contributed by atoms with Crippen LogP contribution in [0.4, 0.5) is 0 Å².